The molecule has 0 aliphatic rings. The third-order valence-corrected chi connectivity index (χ3v) is 7.41. The number of ether oxygens (including phenoxy) is 2. The Balaban J connectivity index is 1.30. The molecule has 0 fully saturated rings. The summed E-state index contributed by atoms with van der Waals surface area (Å²) in [5, 5.41) is 14.4. The number of fused-ring (bicyclic) bond motifs is 2. The SMILES string of the molecule is COc1ccc2c(c1)cc(-c1nnnn1Cc1cccc(OCc3ccc4ccccc4n3)c1)c(=O)n2C(C)N(C)C. The van der Waals surface area contributed by atoms with Crippen LogP contribution in [0.5, 0.6) is 11.5 Å². The summed E-state index contributed by atoms with van der Waals surface area (Å²) in [4.78, 5) is 20.6. The van der Waals surface area contributed by atoms with Crippen molar-refractivity contribution in [2.24, 2.45) is 0 Å². The Bertz CT molecular complexity index is 1950. The number of pyridine rings is 2. The molecular formula is C32H31N7O3. The van der Waals surface area contributed by atoms with Gasteiger partial charge >= 0.3 is 0 Å². The first-order chi connectivity index (χ1) is 20.4. The molecular weight excluding hydrogens is 530 g/mol. The maximum atomic E-state index is 13.9. The van der Waals surface area contributed by atoms with E-state index >= 15 is 0 Å². The second-order valence-corrected chi connectivity index (χ2v) is 10.3. The number of nitrogens with zero attached hydrogens (tertiary/aromatic N) is 7. The highest BCUT2D eigenvalue weighted by molar-refractivity contribution is 5.84. The number of rotatable bonds is 9. The molecule has 6 aromatic rings. The van der Waals surface area contributed by atoms with Gasteiger partial charge in [0.1, 0.15) is 18.1 Å². The monoisotopic (exact) mass is 561 g/mol. The van der Waals surface area contributed by atoms with E-state index < -0.39 is 0 Å². The fraction of sp³-hybridized carbons (Fsp3) is 0.219. The standard InChI is InChI=1S/C32H31N7O3/c1-21(37(2)3)39-30-15-14-26(41-4)17-24(30)18-28(32(39)40)31-34-35-36-38(31)19-22-8-7-10-27(16-22)42-20-25-13-12-23-9-5-6-11-29(23)33-25/h5-18,21H,19-20H2,1-4H3. The Morgan fingerprint density at radius 1 is 0.905 bits per heavy atom. The van der Waals surface area contributed by atoms with Gasteiger partial charge in [-0.15, -0.1) is 5.10 Å². The number of aromatic nitrogens is 6. The highest BCUT2D eigenvalue weighted by Crippen LogP contribution is 2.27. The minimum atomic E-state index is -0.205. The number of tetrazole rings is 1. The summed E-state index contributed by atoms with van der Waals surface area (Å²) >= 11 is 0. The van der Waals surface area contributed by atoms with Gasteiger partial charge in [0.25, 0.3) is 5.56 Å². The molecule has 10 heteroatoms. The van der Waals surface area contributed by atoms with Crippen LogP contribution in [0.15, 0.2) is 89.7 Å². The average Bonchev–Trinajstić information content (AvgIpc) is 3.46. The summed E-state index contributed by atoms with van der Waals surface area (Å²) in [5.41, 5.74) is 3.74. The van der Waals surface area contributed by atoms with Gasteiger partial charge in [0.2, 0.25) is 0 Å². The van der Waals surface area contributed by atoms with Gasteiger partial charge in [0, 0.05) is 10.8 Å². The maximum absolute atomic E-state index is 13.9. The molecule has 0 N–H and O–H groups in total. The first-order valence-corrected chi connectivity index (χ1v) is 13.6. The molecule has 0 aliphatic carbocycles. The van der Waals surface area contributed by atoms with Gasteiger partial charge in [0.15, 0.2) is 5.82 Å². The molecule has 42 heavy (non-hydrogen) atoms. The lowest BCUT2D eigenvalue weighted by Gasteiger charge is -2.25. The molecule has 3 aromatic carbocycles. The first-order valence-electron chi connectivity index (χ1n) is 13.6. The zero-order valence-electron chi connectivity index (χ0n) is 23.9. The summed E-state index contributed by atoms with van der Waals surface area (Å²) in [5.74, 6) is 1.79. The van der Waals surface area contributed by atoms with Gasteiger partial charge in [-0.05, 0) is 85.5 Å². The second-order valence-electron chi connectivity index (χ2n) is 10.3. The topological polar surface area (TPSA) is 100 Å². The van der Waals surface area contributed by atoms with Crippen LogP contribution in [0.3, 0.4) is 0 Å². The molecule has 212 valence electrons. The zero-order chi connectivity index (χ0) is 29.2. The van der Waals surface area contributed by atoms with E-state index in [2.05, 4.69) is 15.5 Å². The quantitative estimate of drug-likeness (QED) is 0.245. The largest absolute Gasteiger partial charge is 0.497 e. The van der Waals surface area contributed by atoms with E-state index in [0.717, 1.165) is 33.1 Å². The van der Waals surface area contributed by atoms with Crippen molar-refractivity contribution >= 4 is 21.8 Å². The Hall–Kier alpha value is -5.09. The molecule has 0 saturated carbocycles. The van der Waals surface area contributed by atoms with Crippen molar-refractivity contribution in [3.63, 3.8) is 0 Å². The van der Waals surface area contributed by atoms with Crippen LogP contribution in [-0.2, 0) is 13.2 Å². The Labute approximate surface area is 242 Å². The molecule has 0 saturated heterocycles. The molecule has 0 amide bonds. The lowest BCUT2D eigenvalue weighted by atomic mass is 10.1. The van der Waals surface area contributed by atoms with Crippen molar-refractivity contribution in [3.8, 4) is 22.9 Å². The van der Waals surface area contributed by atoms with Gasteiger partial charge in [-0.3, -0.25) is 14.3 Å². The van der Waals surface area contributed by atoms with Crippen LogP contribution in [0.2, 0.25) is 0 Å². The molecule has 10 nitrogen and oxygen atoms in total. The average molecular weight is 562 g/mol. The Morgan fingerprint density at radius 3 is 2.60 bits per heavy atom. The molecule has 0 aliphatic heterocycles. The minimum Gasteiger partial charge on any atom is -0.497 e. The highest BCUT2D eigenvalue weighted by Gasteiger charge is 2.21. The van der Waals surface area contributed by atoms with E-state index in [-0.39, 0.29) is 11.7 Å². The zero-order valence-corrected chi connectivity index (χ0v) is 23.9. The Morgan fingerprint density at radius 2 is 1.76 bits per heavy atom. The summed E-state index contributed by atoms with van der Waals surface area (Å²) in [6, 6.07) is 27.3. The van der Waals surface area contributed by atoms with Crippen molar-refractivity contribution in [3.05, 3.63) is 107 Å². The molecule has 1 atom stereocenters. The van der Waals surface area contributed by atoms with E-state index in [4.69, 9.17) is 14.5 Å². The number of para-hydroxylation sites is 1. The predicted octanol–water partition coefficient (Wildman–Crippen LogP) is 4.92. The van der Waals surface area contributed by atoms with E-state index in [1.54, 1.807) is 16.4 Å². The van der Waals surface area contributed by atoms with Crippen LogP contribution in [0, 0.1) is 0 Å². The molecule has 3 aromatic heterocycles. The molecule has 0 spiro atoms. The van der Waals surface area contributed by atoms with Crippen LogP contribution in [-0.4, -0.2) is 55.9 Å². The summed E-state index contributed by atoms with van der Waals surface area (Å²) in [6.45, 7) is 2.68. The van der Waals surface area contributed by atoms with Crippen LogP contribution in [0.25, 0.3) is 33.2 Å². The van der Waals surface area contributed by atoms with Gasteiger partial charge in [0.05, 0.1) is 42.1 Å². The van der Waals surface area contributed by atoms with Crippen molar-refractivity contribution in [2.75, 3.05) is 21.2 Å². The van der Waals surface area contributed by atoms with Crippen molar-refractivity contribution < 1.29 is 9.47 Å². The van der Waals surface area contributed by atoms with Crippen LogP contribution < -0.4 is 15.0 Å². The van der Waals surface area contributed by atoms with Crippen molar-refractivity contribution in [1.29, 1.82) is 0 Å². The van der Waals surface area contributed by atoms with E-state index in [0.29, 0.717) is 36.0 Å². The third kappa shape index (κ3) is 5.31. The van der Waals surface area contributed by atoms with Crippen LogP contribution in [0.1, 0.15) is 24.3 Å². The third-order valence-electron chi connectivity index (χ3n) is 7.41. The molecule has 3 heterocycles. The van der Waals surface area contributed by atoms with Crippen molar-refractivity contribution in [1.82, 2.24) is 34.7 Å². The fourth-order valence-electron chi connectivity index (χ4n) is 4.97. The summed E-state index contributed by atoms with van der Waals surface area (Å²) in [7, 11) is 5.50. The fourth-order valence-corrected chi connectivity index (χ4v) is 4.97. The smallest absolute Gasteiger partial charge is 0.263 e. The predicted molar refractivity (Wildman–Crippen MR) is 162 cm³/mol. The maximum Gasteiger partial charge on any atom is 0.263 e. The normalized spacial score (nSPS) is 12.2. The van der Waals surface area contributed by atoms with E-state index in [1.807, 2.05) is 111 Å². The van der Waals surface area contributed by atoms with Crippen LogP contribution >= 0.6 is 0 Å². The summed E-state index contributed by atoms with van der Waals surface area (Å²) < 4.78 is 14.9. The lowest BCUT2D eigenvalue weighted by molar-refractivity contribution is 0.239. The lowest BCUT2D eigenvalue weighted by Crippen LogP contribution is -2.33. The highest BCUT2D eigenvalue weighted by atomic mass is 16.5. The van der Waals surface area contributed by atoms with Gasteiger partial charge in [-0.1, -0.05) is 36.4 Å². The molecule has 1 unspecified atom stereocenters. The number of hydrogen-bond acceptors (Lipinski definition) is 8. The van der Waals surface area contributed by atoms with Gasteiger partial charge < -0.3 is 9.47 Å². The summed E-state index contributed by atoms with van der Waals surface area (Å²) in [6.07, 6.45) is -0.205. The van der Waals surface area contributed by atoms with Crippen molar-refractivity contribution in [2.45, 2.75) is 26.2 Å². The van der Waals surface area contributed by atoms with E-state index in [9.17, 15) is 4.79 Å². The number of benzene rings is 3. The second kappa shape index (κ2) is 11.4. The minimum absolute atomic E-state index is 0.176. The molecule has 0 bridgehead atoms. The number of hydrogen-bond donors (Lipinski definition) is 0. The Kier molecular flexibility index (Phi) is 7.37. The molecule has 0 radical (unpaired) electrons. The van der Waals surface area contributed by atoms with Gasteiger partial charge in [-0.25, -0.2) is 9.67 Å². The van der Waals surface area contributed by atoms with Crippen LogP contribution in [0.4, 0.5) is 0 Å². The van der Waals surface area contributed by atoms with E-state index in [1.165, 1.54) is 0 Å². The number of methoxy groups -OCH3 is 1. The van der Waals surface area contributed by atoms with Gasteiger partial charge in [-0.2, -0.15) is 0 Å². The first kappa shape index (κ1) is 27.1. The molecule has 6 rings (SSSR count).